The van der Waals surface area contributed by atoms with E-state index >= 15 is 0 Å². The molecule has 0 aliphatic heterocycles. The Balaban J connectivity index is 1.90. The van der Waals surface area contributed by atoms with Crippen molar-refractivity contribution in [1.29, 1.82) is 0 Å². The molecule has 0 atom stereocenters. The van der Waals surface area contributed by atoms with Crippen LogP contribution in [0.1, 0.15) is 5.56 Å². The molecular formula is C17H17N5O2. The number of hydrogen-bond acceptors (Lipinski definition) is 5. The molecule has 7 heteroatoms. The molecule has 0 N–H and O–H groups in total. The van der Waals surface area contributed by atoms with Gasteiger partial charge in [0.15, 0.2) is 5.58 Å². The first-order chi connectivity index (χ1) is 11.7. The number of pyridine rings is 1. The summed E-state index contributed by atoms with van der Waals surface area (Å²) in [4.78, 5) is 9.46. The zero-order valence-electron chi connectivity index (χ0n) is 13.5. The summed E-state index contributed by atoms with van der Waals surface area (Å²) in [6.45, 7) is 0.380. The number of aromatic nitrogens is 1. The standard InChI is InChI=1S/C17H17N5O2/c1-22(13-3-5-14(23-2)6-4-13)16-8-7-15-17(20-16)12(11-24-15)9-10-19-21-18/h3-8,11H,9-10H2,1-2H3. The summed E-state index contributed by atoms with van der Waals surface area (Å²) in [6, 6.07) is 11.6. The van der Waals surface area contributed by atoms with Gasteiger partial charge in [-0.1, -0.05) is 5.11 Å². The molecule has 3 aromatic rings. The Labute approximate surface area is 139 Å². The number of ether oxygens (including phenoxy) is 1. The fraction of sp³-hybridized carbons (Fsp3) is 0.235. The molecule has 122 valence electrons. The van der Waals surface area contributed by atoms with Gasteiger partial charge in [-0.05, 0) is 48.4 Å². The summed E-state index contributed by atoms with van der Waals surface area (Å²) in [6.07, 6.45) is 2.27. The fourth-order valence-corrected chi connectivity index (χ4v) is 2.47. The van der Waals surface area contributed by atoms with Crippen molar-refractivity contribution >= 4 is 22.6 Å². The molecule has 0 fully saturated rings. The maximum atomic E-state index is 8.39. The second-order valence-corrected chi connectivity index (χ2v) is 5.24. The van der Waals surface area contributed by atoms with Crippen molar-refractivity contribution in [2.24, 2.45) is 5.11 Å². The second kappa shape index (κ2) is 6.93. The quantitative estimate of drug-likeness (QED) is 0.381. The Bertz CT molecular complexity index is 882. The first kappa shape index (κ1) is 15.7. The van der Waals surface area contributed by atoms with Gasteiger partial charge in [-0.3, -0.25) is 0 Å². The number of benzene rings is 1. The molecule has 0 saturated carbocycles. The Morgan fingerprint density at radius 1 is 1.25 bits per heavy atom. The van der Waals surface area contributed by atoms with E-state index in [-0.39, 0.29) is 0 Å². The lowest BCUT2D eigenvalue weighted by Gasteiger charge is -2.18. The summed E-state index contributed by atoms with van der Waals surface area (Å²) >= 11 is 0. The number of furan rings is 1. The Kier molecular flexibility index (Phi) is 4.54. The Morgan fingerprint density at radius 2 is 2.04 bits per heavy atom. The van der Waals surface area contributed by atoms with Gasteiger partial charge in [0.05, 0.1) is 13.4 Å². The van der Waals surface area contributed by atoms with Crippen LogP contribution in [0.2, 0.25) is 0 Å². The van der Waals surface area contributed by atoms with Gasteiger partial charge in [0.1, 0.15) is 17.1 Å². The molecule has 0 amide bonds. The smallest absolute Gasteiger partial charge is 0.152 e. The van der Waals surface area contributed by atoms with Crippen molar-refractivity contribution in [2.45, 2.75) is 6.42 Å². The fourth-order valence-electron chi connectivity index (χ4n) is 2.47. The number of rotatable bonds is 6. The Hall–Kier alpha value is -3.18. The van der Waals surface area contributed by atoms with E-state index in [1.165, 1.54) is 0 Å². The third-order valence-electron chi connectivity index (χ3n) is 3.82. The van der Waals surface area contributed by atoms with Gasteiger partial charge in [-0.2, -0.15) is 0 Å². The molecule has 2 aromatic heterocycles. The summed E-state index contributed by atoms with van der Waals surface area (Å²) in [5.74, 6) is 1.62. The summed E-state index contributed by atoms with van der Waals surface area (Å²) in [5.41, 5.74) is 11.8. The molecule has 0 aliphatic rings. The van der Waals surface area contributed by atoms with Crippen LogP contribution in [0.4, 0.5) is 11.5 Å². The van der Waals surface area contributed by atoms with Crippen molar-refractivity contribution in [2.75, 3.05) is 25.6 Å². The van der Waals surface area contributed by atoms with Gasteiger partial charge in [0.2, 0.25) is 0 Å². The van der Waals surface area contributed by atoms with Gasteiger partial charge in [-0.15, -0.1) is 0 Å². The molecule has 0 spiro atoms. The number of hydrogen-bond donors (Lipinski definition) is 0. The predicted octanol–water partition coefficient (Wildman–Crippen LogP) is 4.46. The predicted molar refractivity (Wildman–Crippen MR) is 92.8 cm³/mol. The molecule has 0 aliphatic carbocycles. The van der Waals surface area contributed by atoms with Crippen molar-refractivity contribution in [3.8, 4) is 5.75 Å². The number of fused-ring (bicyclic) bond motifs is 1. The minimum absolute atomic E-state index is 0.380. The zero-order chi connectivity index (χ0) is 16.9. The zero-order valence-corrected chi connectivity index (χ0v) is 13.5. The van der Waals surface area contributed by atoms with Crippen molar-refractivity contribution < 1.29 is 9.15 Å². The average molecular weight is 323 g/mol. The van der Waals surface area contributed by atoms with E-state index in [0.29, 0.717) is 13.0 Å². The largest absolute Gasteiger partial charge is 0.497 e. The first-order valence-corrected chi connectivity index (χ1v) is 7.48. The first-order valence-electron chi connectivity index (χ1n) is 7.48. The van der Waals surface area contributed by atoms with E-state index in [0.717, 1.165) is 33.9 Å². The monoisotopic (exact) mass is 323 g/mol. The minimum atomic E-state index is 0.380. The molecule has 1 aromatic carbocycles. The molecule has 0 saturated heterocycles. The third-order valence-corrected chi connectivity index (χ3v) is 3.82. The SMILES string of the molecule is COc1ccc(N(C)c2ccc3occ(CCN=[N+]=[N-])c3n2)cc1. The van der Waals surface area contributed by atoms with Gasteiger partial charge in [0.25, 0.3) is 0 Å². The highest BCUT2D eigenvalue weighted by Gasteiger charge is 2.11. The van der Waals surface area contributed by atoms with Gasteiger partial charge in [0, 0.05) is 29.8 Å². The van der Waals surface area contributed by atoms with Crippen molar-refractivity contribution in [3.63, 3.8) is 0 Å². The van der Waals surface area contributed by atoms with Crippen LogP contribution in [-0.4, -0.2) is 25.7 Å². The van der Waals surface area contributed by atoms with E-state index < -0.39 is 0 Å². The molecule has 24 heavy (non-hydrogen) atoms. The van der Waals surface area contributed by atoms with E-state index in [1.54, 1.807) is 13.4 Å². The maximum absolute atomic E-state index is 8.39. The molecule has 3 rings (SSSR count). The van der Waals surface area contributed by atoms with Crippen molar-refractivity contribution in [1.82, 2.24) is 4.98 Å². The lowest BCUT2D eigenvalue weighted by molar-refractivity contribution is 0.415. The van der Waals surface area contributed by atoms with Gasteiger partial charge in [-0.25, -0.2) is 4.98 Å². The molecule has 2 heterocycles. The summed E-state index contributed by atoms with van der Waals surface area (Å²) in [7, 11) is 3.60. The average Bonchev–Trinajstić information content (AvgIpc) is 3.04. The van der Waals surface area contributed by atoms with Gasteiger partial charge >= 0.3 is 0 Å². The van der Waals surface area contributed by atoms with Crippen molar-refractivity contribution in [3.05, 3.63) is 58.7 Å². The van der Waals surface area contributed by atoms with Crippen LogP contribution in [0.15, 0.2) is 52.2 Å². The Morgan fingerprint density at radius 3 is 2.75 bits per heavy atom. The lowest BCUT2D eigenvalue weighted by atomic mass is 10.2. The van der Waals surface area contributed by atoms with Crippen LogP contribution >= 0.6 is 0 Å². The summed E-state index contributed by atoms with van der Waals surface area (Å²) < 4.78 is 10.7. The molecule has 7 nitrogen and oxygen atoms in total. The number of azide groups is 1. The number of anilines is 2. The molecular weight excluding hydrogens is 306 g/mol. The van der Waals surface area contributed by atoms with E-state index in [4.69, 9.17) is 19.7 Å². The van der Waals surface area contributed by atoms with Crippen LogP contribution in [0.25, 0.3) is 21.5 Å². The molecule has 0 unspecified atom stereocenters. The number of methoxy groups -OCH3 is 1. The van der Waals surface area contributed by atoms with Crippen LogP contribution in [0, 0.1) is 0 Å². The third kappa shape index (κ3) is 3.11. The van der Waals surface area contributed by atoms with E-state index in [2.05, 4.69) is 10.0 Å². The highest BCUT2D eigenvalue weighted by Crippen LogP contribution is 2.28. The van der Waals surface area contributed by atoms with Crippen LogP contribution in [-0.2, 0) is 6.42 Å². The van der Waals surface area contributed by atoms with E-state index in [9.17, 15) is 0 Å². The maximum Gasteiger partial charge on any atom is 0.152 e. The van der Waals surface area contributed by atoms with Crippen LogP contribution < -0.4 is 9.64 Å². The van der Waals surface area contributed by atoms with Gasteiger partial charge < -0.3 is 14.1 Å². The highest BCUT2D eigenvalue weighted by molar-refractivity contribution is 5.79. The second-order valence-electron chi connectivity index (χ2n) is 5.24. The van der Waals surface area contributed by atoms with Crippen LogP contribution in [0.5, 0.6) is 5.75 Å². The lowest BCUT2D eigenvalue weighted by Crippen LogP contribution is -2.11. The van der Waals surface area contributed by atoms with Crippen LogP contribution in [0.3, 0.4) is 0 Å². The summed E-state index contributed by atoms with van der Waals surface area (Å²) in [5, 5.41) is 3.56. The number of nitrogens with zero attached hydrogens (tertiary/aromatic N) is 5. The minimum Gasteiger partial charge on any atom is -0.497 e. The topological polar surface area (TPSA) is 87.3 Å². The van der Waals surface area contributed by atoms with E-state index in [1.807, 2.05) is 48.3 Å². The molecule has 0 bridgehead atoms. The molecule has 0 radical (unpaired) electrons. The highest BCUT2D eigenvalue weighted by atomic mass is 16.5. The normalized spacial score (nSPS) is 10.4.